The fraction of sp³-hybridized carbons (Fsp3) is 0.412. The van der Waals surface area contributed by atoms with Gasteiger partial charge in [-0.1, -0.05) is 30.3 Å². The van der Waals surface area contributed by atoms with Crippen LogP contribution < -0.4 is 5.32 Å². The number of nitrogens with zero attached hydrogens (tertiary/aromatic N) is 1. The first-order valence-electron chi connectivity index (χ1n) is 7.27. The number of benzene rings is 1. The van der Waals surface area contributed by atoms with Crippen LogP contribution in [-0.4, -0.2) is 36.6 Å². The van der Waals surface area contributed by atoms with Crippen molar-refractivity contribution in [1.82, 2.24) is 10.2 Å². The van der Waals surface area contributed by atoms with Crippen molar-refractivity contribution in [2.75, 3.05) is 26.2 Å². The van der Waals surface area contributed by atoms with Crippen LogP contribution in [0.4, 0.5) is 4.39 Å². The molecule has 106 valence electrons. The molecule has 20 heavy (non-hydrogen) atoms. The highest BCUT2D eigenvalue weighted by atomic mass is 19.1. The summed E-state index contributed by atoms with van der Waals surface area (Å²) in [6.07, 6.45) is 4.33. The largest absolute Gasteiger partial charge is 0.314 e. The van der Waals surface area contributed by atoms with Crippen LogP contribution in [0.25, 0.3) is 5.57 Å². The topological polar surface area (TPSA) is 15.3 Å². The molecular formula is C17H21FN2. The van der Waals surface area contributed by atoms with Crippen LogP contribution in [-0.2, 0) is 0 Å². The Hall–Kier alpha value is -1.45. The molecule has 1 aromatic rings. The number of nitrogens with one attached hydrogen (secondary N) is 1. The van der Waals surface area contributed by atoms with Gasteiger partial charge in [-0.3, -0.25) is 4.90 Å². The molecule has 1 fully saturated rings. The molecule has 1 aliphatic carbocycles. The zero-order chi connectivity index (χ0) is 14.0. The summed E-state index contributed by atoms with van der Waals surface area (Å²) < 4.78 is 14.1. The first-order valence-corrected chi connectivity index (χ1v) is 7.27. The van der Waals surface area contributed by atoms with Gasteiger partial charge in [-0.05, 0) is 36.6 Å². The van der Waals surface area contributed by atoms with Crippen molar-refractivity contribution in [1.29, 1.82) is 0 Å². The Morgan fingerprint density at radius 2 is 1.85 bits per heavy atom. The smallest absolute Gasteiger partial charge is 0.121 e. The predicted molar refractivity (Wildman–Crippen MR) is 81.1 cm³/mol. The normalized spacial score (nSPS) is 27.9. The first kappa shape index (κ1) is 13.5. The summed E-state index contributed by atoms with van der Waals surface area (Å²) >= 11 is 0. The van der Waals surface area contributed by atoms with Gasteiger partial charge >= 0.3 is 0 Å². The van der Waals surface area contributed by atoms with E-state index in [-0.39, 0.29) is 11.4 Å². The maximum absolute atomic E-state index is 14.1. The number of hydrogen-bond donors (Lipinski definition) is 1. The van der Waals surface area contributed by atoms with Gasteiger partial charge in [0.1, 0.15) is 5.83 Å². The van der Waals surface area contributed by atoms with Crippen molar-refractivity contribution in [2.24, 2.45) is 0 Å². The van der Waals surface area contributed by atoms with E-state index in [1.165, 1.54) is 0 Å². The van der Waals surface area contributed by atoms with Crippen molar-refractivity contribution in [3.05, 3.63) is 53.9 Å². The molecule has 0 amide bonds. The molecule has 2 nitrogen and oxygen atoms in total. The molecule has 3 rings (SSSR count). The quantitative estimate of drug-likeness (QED) is 0.890. The molecule has 0 radical (unpaired) electrons. The van der Waals surface area contributed by atoms with E-state index in [1.807, 2.05) is 18.2 Å². The molecule has 0 aromatic heterocycles. The fourth-order valence-corrected chi connectivity index (χ4v) is 3.21. The summed E-state index contributed by atoms with van der Waals surface area (Å²) in [4.78, 5) is 2.39. The summed E-state index contributed by atoms with van der Waals surface area (Å²) in [5.41, 5.74) is 2.00. The number of hydrogen-bond acceptors (Lipinski definition) is 2. The zero-order valence-electron chi connectivity index (χ0n) is 11.9. The molecule has 2 aliphatic rings. The van der Waals surface area contributed by atoms with E-state index in [0.717, 1.165) is 43.7 Å². The number of allylic oxidation sites excluding steroid dienone is 2. The number of halogens is 1. The molecule has 0 bridgehead atoms. The van der Waals surface area contributed by atoms with E-state index in [2.05, 4.69) is 29.3 Å². The molecule has 1 heterocycles. The summed E-state index contributed by atoms with van der Waals surface area (Å²) in [5, 5.41) is 3.35. The highest BCUT2D eigenvalue weighted by Crippen LogP contribution is 2.36. The van der Waals surface area contributed by atoms with Gasteiger partial charge < -0.3 is 5.32 Å². The highest BCUT2D eigenvalue weighted by Gasteiger charge is 2.34. The zero-order valence-corrected chi connectivity index (χ0v) is 11.9. The molecular weight excluding hydrogens is 251 g/mol. The van der Waals surface area contributed by atoms with Gasteiger partial charge in [0.05, 0.1) is 0 Å². The van der Waals surface area contributed by atoms with Gasteiger partial charge in [0.15, 0.2) is 0 Å². The van der Waals surface area contributed by atoms with Crippen molar-refractivity contribution in [3.63, 3.8) is 0 Å². The van der Waals surface area contributed by atoms with Gasteiger partial charge in [-0.25, -0.2) is 4.39 Å². The second-order valence-electron chi connectivity index (χ2n) is 5.84. The van der Waals surface area contributed by atoms with Crippen LogP contribution in [0.15, 0.2) is 48.3 Å². The Morgan fingerprint density at radius 1 is 1.15 bits per heavy atom. The minimum atomic E-state index is -0.216. The van der Waals surface area contributed by atoms with E-state index in [0.29, 0.717) is 0 Å². The SMILES string of the molecule is CC1(N2CCNCC2)C=C(F)C=C(c2ccccc2)C1. The van der Waals surface area contributed by atoms with Crippen LogP contribution in [0.1, 0.15) is 18.9 Å². The lowest BCUT2D eigenvalue weighted by Crippen LogP contribution is -2.54. The van der Waals surface area contributed by atoms with Crippen LogP contribution in [0.2, 0.25) is 0 Å². The summed E-state index contributed by atoms with van der Waals surface area (Å²) in [6.45, 7) is 6.06. The Bertz CT molecular complexity index is 529. The monoisotopic (exact) mass is 272 g/mol. The molecule has 0 spiro atoms. The molecule has 1 aliphatic heterocycles. The van der Waals surface area contributed by atoms with Gasteiger partial charge in [0.2, 0.25) is 0 Å². The number of piperazine rings is 1. The Morgan fingerprint density at radius 3 is 2.55 bits per heavy atom. The van der Waals surface area contributed by atoms with Gasteiger partial charge in [-0.15, -0.1) is 0 Å². The average Bonchev–Trinajstić information content (AvgIpc) is 2.48. The third kappa shape index (κ3) is 2.69. The average molecular weight is 272 g/mol. The third-order valence-corrected chi connectivity index (χ3v) is 4.29. The minimum Gasteiger partial charge on any atom is -0.314 e. The highest BCUT2D eigenvalue weighted by molar-refractivity contribution is 5.70. The van der Waals surface area contributed by atoms with Crippen LogP contribution in [0.5, 0.6) is 0 Å². The summed E-state index contributed by atoms with van der Waals surface area (Å²) in [5.74, 6) is -0.115. The number of rotatable bonds is 2. The van der Waals surface area contributed by atoms with E-state index in [4.69, 9.17) is 0 Å². The predicted octanol–water partition coefficient (Wildman–Crippen LogP) is 2.99. The minimum absolute atomic E-state index is 0.115. The third-order valence-electron chi connectivity index (χ3n) is 4.29. The molecule has 1 unspecified atom stereocenters. The lowest BCUT2D eigenvalue weighted by atomic mass is 9.83. The second kappa shape index (κ2) is 5.51. The van der Waals surface area contributed by atoms with Gasteiger partial charge in [-0.2, -0.15) is 0 Å². The van der Waals surface area contributed by atoms with Gasteiger partial charge in [0, 0.05) is 31.7 Å². The molecule has 1 N–H and O–H groups in total. The Balaban J connectivity index is 1.87. The first-order chi connectivity index (χ1) is 9.67. The molecule has 0 saturated carbocycles. The van der Waals surface area contributed by atoms with Gasteiger partial charge in [0.25, 0.3) is 0 Å². The van der Waals surface area contributed by atoms with Crippen molar-refractivity contribution in [3.8, 4) is 0 Å². The van der Waals surface area contributed by atoms with Crippen molar-refractivity contribution >= 4 is 5.57 Å². The van der Waals surface area contributed by atoms with Crippen LogP contribution >= 0.6 is 0 Å². The van der Waals surface area contributed by atoms with Crippen LogP contribution in [0, 0.1) is 0 Å². The molecule has 3 heteroatoms. The van der Waals surface area contributed by atoms with E-state index in [1.54, 1.807) is 12.2 Å². The molecule has 1 atom stereocenters. The lowest BCUT2D eigenvalue weighted by molar-refractivity contribution is 0.128. The maximum Gasteiger partial charge on any atom is 0.121 e. The fourth-order valence-electron chi connectivity index (χ4n) is 3.21. The maximum atomic E-state index is 14.1. The Labute approximate surface area is 120 Å². The van der Waals surface area contributed by atoms with E-state index < -0.39 is 0 Å². The van der Waals surface area contributed by atoms with E-state index in [9.17, 15) is 4.39 Å². The van der Waals surface area contributed by atoms with Crippen molar-refractivity contribution in [2.45, 2.75) is 18.9 Å². The summed E-state index contributed by atoms with van der Waals surface area (Å²) in [6, 6.07) is 10.1. The lowest BCUT2D eigenvalue weighted by Gasteiger charge is -2.43. The van der Waals surface area contributed by atoms with Crippen LogP contribution in [0.3, 0.4) is 0 Å². The van der Waals surface area contributed by atoms with E-state index >= 15 is 0 Å². The standard InChI is InChI=1S/C17H21FN2/c1-17(20-9-7-19-8-10-20)12-15(11-16(18)13-17)14-5-3-2-4-6-14/h2-6,11,13,19H,7-10,12H2,1H3. The summed E-state index contributed by atoms with van der Waals surface area (Å²) in [7, 11) is 0. The second-order valence-corrected chi connectivity index (χ2v) is 5.84. The molecule has 1 saturated heterocycles. The Kier molecular flexibility index (Phi) is 3.72. The molecule has 1 aromatic carbocycles. The van der Waals surface area contributed by atoms with Crippen molar-refractivity contribution < 1.29 is 4.39 Å².